The predicted molar refractivity (Wildman–Crippen MR) is 79.8 cm³/mol. The van der Waals surface area contributed by atoms with Crippen LogP contribution in [-0.4, -0.2) is 42.5 Å². The Morgan fingerprint density at radius 3 is 2.29 bits per heavy atom. The van der Waals surface area contributed by atoms with Crippen LogP contribution < -0.4 is 5.32 Å². The van der Waals surface area contributed by atoms with E-state index >= 15 is 0 Å². The van der Waals surface area contributed by atoms with E-state index in [1.165, 1.54) is 30.5 Å². The fourth-order valence-corrected chi connectivity index (χ4v) is 1.94. The zero-order chi connectivity index (χ0) is 16.3. The molecule has 1 rings (SSSR count). The van der Waals surface area contributed by atoms with E-state index < -0.39 is 25.6 Å². The number of non-ortho nitro benzene ring substituents is 1. The van der Waals surface area contributed by atoms with Gasteiger partial charge in [0.2, 0.25) is 0 Å². The lowest BCUT2D eigenvalue weighted by molar-refractivity contribution is -0.384. The Labute approximate surface area is 124 Å². The quantitative estimate of drug-likeness (QED) is 0.574. The van der Waals surface area contributed by atoms with Gasteiger partial charge in [-0.3, -0.25) is 10.1 Å². The Balaban J connectivity index is 2.58. The minimum atomic E-state index is -3.20. The number of nitro groups is 1. The second kappa shape index (κ2) is 6.50. The molecule has 0 fully saturated rings. The van der Waals surface area contributed by atoms with Crippen LogP contribution >= 0.6 is 0 Å². The third-order valence-corrected chi connectivity index (χ3v) is 5.53. The Morgan fingerprint density at radius 1 is 1.33 bits per heavy atom. The summed E-state index contributed by atoms with van der Waals surface area (Å²) in [6.07, 6.45) is 0.308. The van der Waals surface area contributed by atoms with E-state index in [-0.39, 0.29) is 18.8 Å². The topological polar surface area (TPSA) is 110 Å². The van der Waals surface area contributed by atoms with Gasteiger partial charge in [-0.15, -0.1) is 0 Å². The first-order valence-corrected chi connectivity index (χ1v) is 8.26. The molecule has 2 N–H and O–H groups in total. The summed E-state index contributed by atoms with van der Waals surface area (Å²) < 4.78 is 22.1. The normalized spacial score (nSPS) is 13.9. The zero-order valence-corrected chi connectivity index (χ0v) is 13.1. The average Bonchev–Trinajstić information content (AvgIpc) is 2.37. The fraction of sp³-hybridized carbons (Fsp3) is 0.538. The average molecular weight is 316 g/mol. The standard InChI is InChI=1S/C13H20N2O5S/c1-13(2,21(3,19)20)9-14-8-12(16)10-4-6-11(7-5-10)15(17)18/h4-7,12,14,16H,8-9H2,1-3H3. The molecule has 0 aromatic heterocycles. The maximum atomic E-state index is 11.5. The molecule has 0 spiro atoms. The molecule has 0 saturated heterocycles. The van der Waals surface area contributed by atoms with Crippen molar-refractivity contribution in [1.82, 2.24) is 5.32 Å². The highest BCUT2D eigenvalue weighted by atomic mass is 32.2. The molecule has 0 bridgehead atoms. The Morgan fingerprint density at radius 2 is 1.86 bits per heavy atom. The van der Waals surface area contributed by atoms with Crippen molar-refractivity contribution in [1.29, 1.82) is 0 Å². The van der Waals surface area contributed by atoms with Gasteiger partial charge in [0.25, 0.3) is 5.69 Å². The summed E-state index contributed by atoms with van der Waals surface area (Å²) in [6.45, 7) is 3.58. The first-order chi connectivity index (χ1) is 9.54. The molecule has 0 saturated carbocycles. The van der Waals surface area contributed by atoms with Gasteiger partial charge in [0, 0.05) is 31.5 Å². The Hall–Kier alpha value is -1.51. The minimum absolute atomic E-state index is 0.0443. The monoisotopic (exact) mass is 316 g/mol. The van der Waals surface area contributed by atoms with Crippen LogP contribution in [-0.2, 0) is 9.84 Å². The Kier molecular flexibility index (Phi) is 5.43. The largest absolute Gasteiger partial charge is 0.387 e. The summed E-state index contributed by atoms with van der Waals surface area (Å²) >= 11 is 0. The molecule has 1 aromatic rings. The van der Waals surface area contributed by atoms with E-state index in [1.54, 1.807) is 13.8 Å². The van der Waals surface area contributed by atoms with E-state index in [9.17, 15) is 23.6 Å². The lowest BCUT2D eigenvalue weighted by Crippen LogP contribution is -2.42. The van der Waals surface area contributed by atoms with E-state index in [4.69, 9.17) is 0 Å². The highest BCUT2D eigenvalue weighted by Gasteiger charge is 2.29. The van der Waals surface area contributed by atoms with Crippen molar-refractivity contribution in [3.63, 3.8) is 0 Å². The van der Waals surface area contributed by atoms with Gasteiger partial charge in [-0.05, 0) is 31.5 Å². The highest BCUT2D eigenvalue weighted by molar-refractivity contribution is 7.92. The molecule has 7 nitrogen and oxygen atoms in total. The molecule has 21 heavy (non-hydrogen) atoms. The number of nitrogens with zero attached hydrogens (tertiary/aromatic N) is 1. The second-order valence-electron chi connectivity index (χ2n) is 5.53. The highest BCUT2D eigenvalue weighted by Crippen LogP contribution is 2.18. The van der Waals surface area contributed by atoms with Crippen LogP contribution in [0.15, 0.2) is 24.3 Å². The van der Waals surface area contributed by atoms with E-state index in [0.717, 1.165) is 0 Å². The van der Waals surface area contributed by atoms with Crippen molar-refractivity contribution in [2.45, 2.75) is 24.7 Å². The summed E-state index contributed by atoms with van der Waals surface area (Å²) in [5.41, 5.74) is 0.488. The number of nitro benzene ring substituents is 1. The molecular weight excluding hydrogens is 296 g/mol. The minimum Gasteiger partial charge on any atom is -0.387 e. The SMILES string of the molecule is CC(C)(CNCC(O)c1ccc([N+](=O)[O-])cc1)S(C)(=O)=O. The number of aliphatic hydroxyl groups is 1. The van der Waals surface area contributed by atoms with E-state index in [0.29, 0.717) is 5.56 Å². The van der Waals surface area contributed by atoms with Crippen LogP contribution in [0.3, 0.4) is 0 Å². The number of nitrogens with one attached hydrogen (secondary N) is 1. The molecule has 0 radical (unpaired) electrons. The number of rotatable bonds is 7. The Bertz CT molecular complexity index is 595. The molecule has 8 heteroatoms. The molecule has 1 aromatic carbocycles. The molecule has 0 heterocycles. The van der Waals surface area contributed by atoms with Gasteiger partial charge in [0.15, 0.2) is 9.84 Å². The summed E-state index contributed by atoms with van der Waals surface area (Å²) in [7, 11) is -3.20. The summed E-state index contributed by atoms with van der Waals surface area (Å²) in [6, 6.07) is 5.59. The summed E-state index contributed by atoms with van der Waals surface area (Å²) in [5, 5.41) is 23.4. The first kappa shape index (κ1) is 17.5. The van der Waals surface area contributed by atoms with E-state index in [2.05, 4.69) is 5.32 Å². The van der Waals surface area contributed by atoms with Gasteiger partial charge in [-0.2, -0.15) is 0 Å². The molecule has 0 amide bonds. The fourth-order valence-electron chi connectivity index (χ4n) is 1.58. The predicted octanol–water partition coefficient (Wildman–Crippen LogP) is 1.04. The lowest BCUT2D eigenvalue weighted by Gasteiger charge is -2.23. The van der Waals surface area contributed by atoms with Crippen LogP contribution in [0.25, 0.3) is 0 Å². The molecule has 118 valence electrons. The maximum absolute atomic E-state index is 11.5. The number of hydrogen-bond donors (Lipinski definition) is 2. The number of sulfone groups is 1. The van der Waals surface area contributed by atoms with Crippen LogP contribution in [0.4, 0.5) is 5.69 Å². The van der Waals surface area contributed by atoms with Crippen LogP contribution in [0.5, 0.6) is 0 Å². The molecule has 0 aliphatic heterocycles. The first-order valence-electron chi connectivity index (χ1n) is 6.37. The summed E-state index contributed by atoms with van der Waals surface area (Å²) in [5.74, 6) is 0. The smallest absolute Gasteiger partial charge is 0.269 e. The van der Waals surface area contributed by atoms with Crippen molar-refractivity contribution in [3.05, 3.63) is 39.9 Å². The van der Waals surface area contributed by atoms with Crippen molar-refractivity contribution >= 4 is 15.5 Å². The van der Waals surface area contributed by atoms with Crippen molar-refractivity contribution < 1.29 is 18.4 Å². The van der Waals surface area contributed by atoms with Crippen LogP contribution in [0.1, 0.15) is 25.5 Å². The van der Waals surface area contributed by atoms with E-state index in [1.807, 2.05) is 0 Å². The third-order valence-electron chi connectivity index (χ3n) is 3.38. The summed E-state index contributed by atoms with van der Waals surface area (Å²) in [4.78, 5) is 10.0. The zero-order valence-electron chi connectivity index (χ0n) is 12.2. The van der Waals surface area contributed by atoms with Gasteiger partial charge in [0.1, 0.15) is 0 Å². The van der Waals surface area contributed by atoms with Gasteiger partial charge in [-0.25, -0.2) is 8.42 Å². The van der Waals surface area contributed by atoms with Crippen molar-refractivity contribution in [2.75, 3.05) is 19.3 Å². The molecule has 1 atom stereocenters. The second-order valence-corrected chi connectivity index (χ2v) is 8.18. The van der Waals surface area contributed by atoms with Crippen molar-refractivity contribution in [3.8, 4) is 0 Å². The van der Waals surface area contributed by atoms with Crippen LogP contribution in [0.2, 0.25) is 0 Å². The van der Waals surface area contributed by atoms with Crippen molar-refractivity contribution in [2.24, 2.45) is 0 Å². The lowest BCUT2D eigenvalue weighted by atomic mass is 10.1. The number of aliphatic hydroxyl groups excluding tert-OH is 1. The van der Waals surface area contributed by atoms with Gasteiger partial charge in [0.05, 0.1) is 15.8 Å². The molecule has 1 unspecified atom stereocenters. The molecule has 0 aliphatic carbocycles. The number of hydrogen-bond acceptors (Lipinski definition) is 6. The van der Waals surface area contributed by atoms with Crippen LogP contribution in [0, 0.1) is 10.1 Å². The molecule has 0 aliphatic rings. The maximum Gasteiger partial charge on any atom is 0.269 e. The third kappa shape index (κ3) is 4.76. The molecular formula is C13H20N2O5S. The van der Waals surface area contributed by atoms with Gasteiger partial charge >= 0.3 is 0 Å². The van der Waals surface area contributed by atoms with Gasteiger partial charge < -0.3 is 10.4 Å². The van der Waals surface area contributed by atoms with Gasteiger partial charge in [-0.1, -0.05) is 0 Å². The number of benzene rings is 1.